The van der Waals surface area contributed by atoms with Crippen LogP contribution >= 0.6 is 0 Å². The van der Waals surface area contributed by atoms with Gasteiger partial charge in [0, 0.05) is 0 Å². The van der Waals surface area contributed by atoms with E-state index in [-0.39, 0.29) is 10.7 Å². The molecule has 1 aliphatic carbocycles. The van der Waals surface area contributed by atoms with Gasteiger partial charge < -0.3 is 4.74 Å². The zero-order chi connectivity index (χ0) is 16.3. The van der Waals surface area contributed by atoms with E-state index in [4.69, 9.17) is 9.02 Å². The van der Waals surface area contributed by atoms with Crippen LogP contribution in [-0.4, -0.2) is 27.0 Å². The number of carbonyl (C=O) groups excluding carboxylic acids is 1. The van der Waals surface area contributed by atoms with E-state index in [1.807, 2.05) is 0 Å². The molecule has 0 amide bonds. The first kappa shape index (κ1) is 16.0. The van der Waals surface area contributed by atoms with Crippen LogP contribution in [0.1, 0.15) is 13.8 Å². The van der Waals surface area contributed by atoms with Crippen molar-refractivity contribution < 1.29 is 22.2 Å². The number of nitrogens with zero attached hydrogens (tertiary/aromatic N) is 1. The number of ether oxygens (including phenoxy) is 1. The van der Waals surface area contributed by atoms with Crippen LogP contribution in [0.5, 0.6) is 5.75 Å². The van der Waals surface area contributed by atoms with Crippen LogP contribution in [0, 0.1) is 0 Å². The van der Waals surface area contributed by atoms with Crippen LogP contribution in [0.3, 0.4) is 0 Å². The molecule has 1 aromatic rings. The van der Waals surface area contributed by atoms with Crippen molar-refractivity contribution in [1.82, 2.24) is 0 Å². The minimum atomic E-state index is -4.02. The Kier molecular flexibility index (Phi) is 4.46. The number of methoxy groups -OCH3 is 1. The first-order valence-electron chi connectivity index (χ1n) is 6.40. The maximum Gasteiger partial charge on any atom is 0.358 e. The van der Waals surface area contributed by atoms with Crippen molar-refractivity contribution in [2.75, 3.05) is 7.11 Å². The van der Waals surface area contributed by atoms with Gasteiger partial charge in [0.1, 0.15) is 16.4 Å². The van der Waals surface area contributed by atoms with Crippen molar-refractivity contribution >= 4 is 21.6 Å². The van der Waals surface area contributed by atoms with Gasteiger partial charge in [0.05, 0.1) is 7.11 Å². The first-order chi connectivity index (χ1) is 10.3. The van der Waals surface area contributed by atoms with E-state index in [1.54, 1.807) is 13.8 Å². The van der Waals surface area contributed by atoms with Crippen molar-refractivity contribution in [3.8, 4) is 5.75 Å². The van der Waals surface area contributed by atoms with E-state index in [1.165, 1.54) is 43.5 Å². The molecule has 1 aromatic carbocycles. The van der Waals surface area contributed by atoms with Gasteiger partial charge in [0.25, 0.3) is 0 Å². The minimum absolute atomic E-state index is 0.0353. The van der Waals surface area contributed by atoms with Crippen LogP contribution in [0.25, 0.3) is 0 Å². The summed E-state index contributed by atoms with van der Waals surface area (Å²) in [4.78, 5) is 11.4. The molecule has 116 valence electrons. The van der Waals surface area contributed by atoms with Crippen molar-refractivity contribution in [2.24, 2.45) is 5.16 Å². The Hall–Kier alpha value is -2.41. The third-order valence-corrected chi connectivity index (χ3v) is 4.20. The summed E-state index contributed by atoms with van der Waals surface area (Å²) in [5, 5.41) is 3.64. The zero-order valence-electron chi connectivity index (χ0n) is 12.4. The normalized spacial score (nSPS) is 17.0. The average molecular weight is 321 g/mol. The van der Waals surface area contributed by atoms with Gasteiger partial charge in [-0.1, -0.05) is 5.16 Å². The fourth-order valence-corrected chi connectivity index (χ4v) is 2.48. The summed E-state index contributed by atoms with van der Waals surface area (Å²) in [7, 11) is -2.54. The summed E-state index contributed by atoms with van der Waals surface area (Å²) in [6.07, 6.45) is 2.87. The van der Waals surface area contributed by atoms with Gasteiger partial charge >= 0.3 is 10.1 Å². The molecule has 0 saturated heterocycles. The summed E-state index contributed by atoms with van der Waals surface area (Å²) < 4.78 is 33.8. The highest BCUT2D eigenvalue weighted by atomic mass is 32.2. The van der Waals surface area contributed by atoms with Gasteiger partial charge in [-0.3, -0.25) is 9.08 Å². The number of hydrogen-bond acceptors (Lipinski definition) is 6. The lowest BCUT2D eigenvalue weighted by Gasteiger charge is -2.09. The number of benzene rings is 1. The second-order valence-electron chi connectivity index (χ2n) is 4.70. The summed E-state index contributed by atoms with van der Waals surface area (Å²) in [6, 6.07) is 5.75. The Morgan fingerprint density at radius 1 is 1.00 bits per heavy atom. The van der Waals surface area contributed by atoms with Crippen LogP contribution in [0.4, 0.5) is 0 Å². The van der Waals surface area contributed by atoms with Gasteiger partial charge in [-0.2, -0.15) is 8.42 Å². The van der Waals surface area contributed by atoms with Gasteiger partial charge in [0.15, 0.2) is 5.78 Å². The molecule has 2 rings (SSSR count). The van der Waals surface area contributed by atoms with E-state index >= 15 is 0 Å². The summed E-state index contributed by atoms with van der Waals surface area (Å²) in [6.45, 7) is 3.28. The third-order valence-electron chi connectivity index (χ3n) is 3.08. The summed E-state index contributed by atoms with van der Waals surface area (Å²) >= 11 is 0. The largest absolute Gasteiger partial charge is 0.497 e. The molecule has 6 nitrogen and oxygen atoms in total. The second-order valence-corrected chi connectivity index (χ2v) is 6.23. The summed E-state index contributed by atoms with van der Waals surface area (Å²) in [5.41, 5.74) is 1.31. The molecular weight excluding hydrogens is 306 g/mol. The SMILES string of the molecule is COc1ccc(S(=O)(=O)O/N=C2\C=C(C)C(=O)C=C2C)cc1. The molecule has 0 atom stereocenters. The monoisotopic (exact) mass is 321 g/mol. The highest BCUT2D eigenvalue weighted by Gasteiger charge is 2.18. The van der Waals surface area contributed by atoms with E-state index in [9.17, 15) is 13.2 Å². The highest BCUT2D eigenvalue weighted by molar-refractivity contribution is 7.86. The topological polar surface area (TPSA) is 82.0 Å². The Labute approximate surface area is 128 Å². The van der Waals surface area contributed by atoms with E-state index in [2.05, 4.69) is 5.16 Å². The lowest BCUT2D eigenvalue weighted by molar-refractivity contribution is -0.111. The van der Waals surface area contributed by atoms with Gasteiger partial charge in [-0.05, 0) is 61.4 Å². The molecule has 0 heterocycles. The molecule has 0 radical (unpaired) electrons. The molecule has 0 fully saturated rings. The molecule has 0 aromatic heterocycles. The Bertz CT molecular complexity index is 786. The van der Waals surface area contributed by atoms with Gasteiger partial charge in [0.2, 0.25) is 0 Å². The lowest BCUT2D eigenvalue weighted by atomic mass is 9.99. The van der Waals surface area contributed by atoms with Crippen LogP contribution in [-0.2, 0) is 19.2 Å². The molecular formula is C15H15NO5S. The smallest absolute Gasteiger partial charge is 0.358 e. The van der Waals surface area contributed by atoms with Gasteiger partial charge in [-0.25, -0.2) is 0 Å². The van der Waals surface area contributed by atoms with Crippen LogP contribution < -0.4 is 4.74 Å². The quantitative estimate of drug-likeness (QED) is 0.627. The molecule has 0 bridgehead atoms. The standard InChI is InChI=1S/C15H15NO5S/c1-10-9-15(17)11(2)8-14(10)16-21-22(18,19)13-6-4-12(20-3)5-7-13/h4-9H,1-3H3/b16-14+. The molecule has 0 saturated carbocycles. The van der Waals surface area contributed by atoms with Crippen molar-refractivity contribution in [1.29, 1.82) is 0 Å². The number of ketones is 1. The highest BCUT2D eigenvalue weighted by Crippen LogP contribution is 2.19. The predicted octanol–water partition coefficient (Wildman–Crippen LogP) is 2.23. The molecule has 22 heavy (non-hydrogen) atoms. The average Bonchev–Trinajstić information content (AvgIpc) is 2.49. The molecule has 7 heteroatoms. The molecule has 0 N–H and O–H groups in total. The number of hydrogen-bond donors (Lipinski definition) is 0. The molecule has 0 unspecified atom stereocenters. The maximum absolute atomic E-state index is 12.0. The van der Waals surface area contributed by atoms with Crippen molar-refractivity contribution in [3.63, 3.8) is 0 Å². The molecule has 0 spiro atoms. The van der Waals surface area contributed by atoms with Crippen LogP contribution in [0.15, 0.2) is 57.6 Å². The van der Waals surface area contributed by atoms with Crippen molar-refractivity contribution in [3.05, 3.63) is 47.6 Å². The van der Waals surface area contributed by atoms with Crippen LogP contribution in [0.2, 0.25) is 0 Å². The van der Waals surface area contributed by atoms with E-state index in [0.717, 1.165) is 0 Å². The number of carbonyl (C=O) groups is 1. The van der Waals surface area contributed by atoms with Gasteiger partial charge in [-0.15, -0.1) is 0 Å². The number of rotatable bonds is 4. The van der Waals surface area contributed by atoms with Crippen molar-refractivity contribution in [2.45, 2.75) is 18.7 Å². The molecule has 0 aliphatic heterocycles. The number of oxime groups is 1. The minimum Gasteiger partial charge on any atom is -0.497 e. The third kappa shape index (κ3) is 3.43. The lowest BCUT2D eigenvalue weighted by Crippen LogP contribution is -2.12. The Balaban J connectivity index is 2.24. The Morgan fingerprint density at radius 2 is 1.64 bits per heavy atom. The maximum atomic E-state index is 12.0. The fraction of sp³-hybridized carbons (Fsp3) is 0.200. The second kappa shape index (κ2) is 6.15. The zero-order valence-corrected chi connectivity index (χ0v) is 13.2. The number of allylic oxidation sites excluding steroid dienone is 4. The Morgan fingerprint density at radius 3 is 2.23 bits per heavy atom. The first-order valence-corrected chi connectivity index (χ1v) is 7.81. The molecule has 1 aliphatic rings. The fourth-order valence-electron chi connectivity index (χ4n) is 1.75. The van der Waals surface area contributed by atoms with E-state index < -0.39 is 10.1 Å². The predicted molar refractivity (Wildman–Crippen MR) is 81.2 cm³/mol. The van der Waals surface area contributed by atoms with E-state index in [0.29, 0.717) is 22.6 Å². The summed E-state index contributed by atoms with van der Waals surface area (Å²) in [5.74, 6) is 0.405.